The van der Waals surface area contributed by atoms with Gasteiger partial charge in [-0.15, -0.1) is 0 Å². The average Bonchev–Trinajstić information content (AvgIpc) is 2.56. The summed E-state index contributed by atoms with van der Waals surface area (Å²) in [6.07, 6.45) is 25.2. The maximum absolute atomic E-state index is 10.3. The van der Waals surface area contributed by atoms with Gasteiger partial charge in [0, 0.05) is 6.42 Å². The molecule has 3 nitrogen and oxygen atoms in total. The molecule has 0 aromatic rings. The topological polar surface area (TPSA) is 63.3 Å². The van der Waals surface area contributed by atoms with E-state index in [-0.39, 0.29) is 6.42 Å². The Morgan fingerprint density at radius 1 is 0.625 bits per heavy atom. The lowest BCUT2D eigenvalue weighted by Gasteiger charge is -2.03. The second kappa shape index (κ2) is 20.2. The summed E-state index contributed by atoms with van der Waals surface area (Å²) in [6.45, 7) is 0.851. The molecule has 0 saturated heterocycles. The first kappa shape index (κ1) is 23.2. The number of allylic oxidation sites excluding steroid dienone is 2. The monoisotopic (exact) mass is 339 g/mol. The number of unbranched alkanes of at least 4 members (excludes halogenated alkanes) is 14. The molecule has 0 spiro atoms. The molecule has 3 heteroatoms. The quantitative estimate of drug-likeness (QED) is 0.217. The van der Waals surface area contributed by atoms with Gasteiger partial charge in [-0.2, -0.15) is 0 Å². The van der Waals surface area contributed by atoms with Gasteiger partial charge in [0.2, 0.25) is 0 Å². The molecule has 0 saturated carbocycles. The van der Waals surface area contributed by atoms with E-state index in [1.54, 1.807) is 0 Å². The van der Waals surface area contributed by atoms with Crippen molar-refractivity contribution in [1.29, 1.82) is 0 Å². The number of carboxylic acid groups (broad SMARTS) is 1. The Kier molecular flexibility index (Phi) is 19.5. The first-order valence-corrected chi connectivity index (χ1v) is 10.3. The van der Waals surface area contributed by atoms with Crippen LogP contribution in [-0.4, -0.2) is 17.6 Å². The van der Waals surface area contributed by atoms with E-state index in [1.807, 2.05) is 6.08 Å². The molecule has 0 atom stereocenters. The molecule has 142 valence electrons. The second-order valence-corrected chi connectivity index (χ2v) is 6.93. The van der Waals surface area contributed by atoms with Crippen LogP contribution in [0.25, 0.3) is 0 Å². The Morgan fingerprint density at radius 3 is 1.42 bits per heavy atom. The highest BCUT2D eigenvalue weighted by molar-refractivity contribution is 5.66. The lowest BCUT2D eigenvalue weighted by molar-refractivity contribution is -0.136. The first-order valence-electron chi connectivity index (χ1n) is 10.3. The highest BCUT2D eigenvalue weighted by atomic mass is 16.4. The van der Waals surface area contributed by atoms with E-state index >= 15 is 0 Å². The Hall–Kier alpha value is -0.830. The minimum absolute atomic E-state index is 0.255. The molecule has 0 amide bonds. The van der Waals surface area contributed by atoms with Crippen LogP contribution in [0.3, 0.4) is 0 Å². The van der Waals surface area contributed by atoms with Gasteiger partial charge in [0.25, 0.3) is 0 Å². The molecular formula is C21H41NO2. The lowest BCUT2D eigenvalue weighted by Crippen LogP contribution is -1.97. The third-order valence-electron chi connectivity index (χ3n) is 4.52. The standard InChI is InChI=1S/C21H41NO2/c22-20-18-16-14-12-10-8-6-4-2-1-3-5-7-9-11-13-15-17-19-21(23)24/h13,15H,1-12,14,16-20,22H2,(H,23,24)/b15-13+. The Labute approximate surface area is 150 Å². The number of carbonyl (C=O) groups is 1. The summed E-state index contributed by atoms with van der Waals surface area (Å²) in [5.74, 6) is -0.706. The van der Waals surface area contributed by atoms with Crippen molar-refractivity contribution in [1.82, 2.24) is 0 Å². The van der Waals surface area contributed by atoms with Crippen LogP contribution < -0.4 is 5.73 Å². The number of hydrogen-bond acceptors (Lipinski definition) is 2. The molecule has 0 fully saturated rings. The van der Waals surface area contributed by atoms with E-state index in [0.29, 0.717) is 6.42 Å². The van der Waals surface area contributed by atoms with Gasteiger partial charge < -0.3 is 10.8 Å². The number of rotatable bonds is 19. The molecule has 0 aromatic carbocycles. The molecule has 0 aliphatic heterocycles. The molecule has 0 aliphatic carbocycles. The third-order valence-corrected chi connectivity index (χ3v) is 4.52. The fourth-order valence-corrected chi connectivity index (χ4v) is 2.97. The van der Waals surface area contributed by atoms with Gasteiger partial charge in [-0.05, 0) is 32.2 Å². The van der Waals surface area contributed by atoms with Gasteiger partial charge in [-0.1, -0.05) is 89.2 Å². The summed E-state index contributed by atoms with van der Waals surface area (Å²) < 4.78 is 0. The smallest absolute Gasteiger partial charge is 0.303 e. The second-order valence-electron chi connectivity index (χ2n) is 6.93. The maximum atomic E-state index is 10.3. The highest BCUT2D eigenvalue weighted by Crippen LogP contribution is 2.13. The molecule has 0 rings (SSSR count). The zero-order chi connectivity index (χ0) is 17.7. The van der Waals surface area contributed by atoms with Gasteiger partial charge in [0.05, 0.1) is 0 Å². The molecule has 0 bridgehead atoms. The van der Waals surface area contributed by atoms with E-state index < -0.39 is 5.97 Å². The van der Waals surface area contributed by atoms with Crippen molar-refractivity contribution in [3.05, 3.63) is 12.2 Å². The molecule has 0 aromatic heterocycles. The lowest BCUT2D eigenvalue weighted by atomic mass is 10.0. The van der Waals surface area contributed by atoms with Crippen molar-refractivity contribution in [3.63, 3.8) is 0 Å². The predicted molar refractivity (Wildman–Crippen MR) is 104 cm³/mol. The van der Waals surface area contributed by atoms with Crippen LogP contribution in [0.2, 0.25) is 0 Å². The fraction of sp³-hybridized carbons (Fsp3) is 0.857. The molecular weight excluding hydrogens is 298 g/mol. The van der Waals surface area contributed by atoms with Crippen LogP contribution in [-0.2, 0) is 4.79 Å². The summed E-state index contributed by atoms with van der Waals surface area (Å²) in [7, 11) is 0. The van der Waals surface area contributed by atoms with Crippen LogP contribution in [0.5, 0.6) is 0 Å². The fourth-order valence-electron chi connectivity index (χ4n) is 2.97. The van der Waals surface area contributed by atoms with Gasteiger partial charge >= 0.3 is 5.97 Å². The van der Waals surface area contributed by atoms with Crippen molar-refractivity contribution in [2.45, 2.75) is 109 Å². The van der Waals surface area contributed by atoms with Crippen molar-refractivity contribution < 1.29 is 9.90 Å². The Morgan fingerprint density at radius 2 is 1.00 bits per heavy atom. The number of carboxylic acids is 1. The first-order chi connectivity index (χ1) is 11.8. The van der Waals surface area contributed by atoms with Crippen molar-refractivity contribution in [3.8, 4) is 0 Å². The van der Waals surface area contributed by atoms with E-state index in [4.69, 9.17) is 10.8 Å². The summed E-state index contributed by atoms with van der Waals surface area (Å²) in [4.78, 5) is 10.3. The largest absolute Gasteiger partial charge is 0.481 e. The van der Waals surface area contributed by atoms with Gasteiger partial charge in [0.15, 0.2) is 0 Å². The van der Waals surface area contributed by atoms with Crippen molar-refractivity contribution in [2.75, 3.05) is 6.54 Å². The molecule has 0 unspecified atom stereocenters. The summed E-state index contributed by atoms with van der Waals surface area (Å²) >= 11 is 0. The number of hydrogen-bond donors (Lipinski definition) is 2. The van der Waals surface area contributed by atoms with Crippen LogP contribution in [0.1, 0.15) is 109 Å². The highest BCUT2D eigenvalue weighted by Gasteiger charge is 1.94. The zero-order valence-corrected chi connectivity index (χ0v) is 15.8. The summed E-state index contributed by atoms with van der Waals surface area (Å²) in [5, 5.41) is 8.52. The normalized spacial score (nSPS) is 11.4. The minimum Gasteiger partial charge on any atom is -0.481 e. The molecule has 0 heterocycles. The Balaban J connectivity index is 3.04. The van der Waals surface area contributed by atoms with Crippen molar-refractivity contribution >= 4 is 5.97 Å². The van der Waals surface area contributed by atoms with Gasteiger partial charge in [0.1, 0.15) is 0 Å². The summed E-state index contributed by atoms with van der Waals surface area (Å²) in [5.41, 5.74) is 5.49. The van der Waals surface area contributed by atoms with E-state index in [9.17, 15) is 4.79 Å². The Bertz CT molecular complexity index is 290. The van der Waals surface area contributed by atoms with Crippen LogP contribution in [0.15, 0.2) is 12.2 Å². The molecule has 0 aliphatic rings. The van der Waals surface area contributed by atoms with Gasteiger partial charge in [-0.3, -0.25) is 4.79 Å². The average molecular weight is 340 g/mol. The zero-order valence-electron chi connectivity index (χ0n) is 15.8. The van der Waals surface area contributed by atoms with Crippen LogP contribution >= 0.6 is 0 Å². The van der Waals surface area contributed by atoms with Gasteiger partial charge in [-0.25, -0.2) is 0 Å². The molecule has 3 N–H and O–H groups in total. The minimum atomic E-state index is -0.706. The summed E-state index contributed by atoms with van der Waals surface area (Å²) in [6, 6.07) is 0. The van der Waals surface area contributed by atoms with Crippen LogP contribution in [0.4, 0.5) is 0 Å². The van der Waals surface area contributed by atoms with Crippen LogP contribution in [0, 0.1) is 0 Å². The maximum Gasteiger partial charge on any atom is 0.303 e. The molecule has 24 heavy (non-hydrogen) atoms. The van der Waals surface area contributed by atoms with Crippen molar-refractivity contribution in [2.24, 2.45) is 5.73 Å². The third kappa shape index (κ3) is 21.2. The number of aliphatic carboxylic acids is 1. The van der Waals surface area contributed by atoms with E-state index in [2.05, 4.69) is 6.08 Å². The van der Waals surface area contributed by atoms with E-state index in [0.717, 1.165) is 13.0 Å². The molecule has 0 radical (unpaired) electrons. The van der Waals surface area contributed by atoms with E-state index in [1.165, 1.54) is 89.9 Å². The number of nitrogens with two attached hydrogens (primary N) is 1. The SMILES string of the molecule is NCCCCCCCCCCCCCCCC/C=C/CCC(=O)O. The predicted octanol–water partition coefficient (Wildman–Crippen LogP) is 6.22.